The van der Waals surface area contributed by atoms with Crippen LogP contribution in [0, 0.1) is 12.7 Å². The summed E-state index contributed by atoms with van der Waals surface area (Å²) in [6.07, 6.45) is 0. The standard InChI is InChI=1S/C12H16FNO/c1-9(7-14-3)8-15-12-6-11(13)5-4-10(12)2/h4-6,14H,1,7-8H2,2-3H3. The Kier molecular flexibility index (Phi) is 4.31. The third kappa shape index (κ3) is 3.72. The number of ether oxygens (including phenoxy) is 1. The second-order valence-corrected chi connectivity index (χ2v) is 3.48. The number of likely N-dealkylation sites (N-methyl/N-ethyl adjacent to an activating group) is 1. The van der Waals surface area contributed by atoms with Gasteiger partial charge in [-0.15, -0.1) is 0 Å². The average Bonchev–Trinajstić information content (AvgIpc) is 2.20. The van der Waals surface area contributed by atoms with Crippen molar-refractivity contribution in [2.75, 3.05) is 20.2 Å². The maximum atomic E-state index is 12.9. The Hall–Kier alpha value is -1.35. The van der Waals surface area contributed by atoms with Crippen molar-refractivity contribution in [3.8, 4) is 5.75 Å². The van der Waals surface area contributed by atoms with Crippen LogP contribution in [-0.2, 0) is 0 Å². The van der Waals surface area contributed by atoms with E-state index in [9.17, 15) is 4.39 Å². The minimum absolute atomic E-state index is 0.283. The molecule has 1 rings (SSSR count). The lowest BCUT2D eigenvalue weighted by Gasteiger charge is -2.10. The summed E-state index contributed by atoms with van der Waals surface area (Å²) in [7, 11) is 1.85. The van der Waals surface area contributed by atoms with E-state index in [-0.39, 0.29) is 5.82 Å². The number of benzene rings is 1. The predicted molar refractivity (Wildman–Crippen MR) is 59.7 cm³/mol. The van der Waals surface area contributed by atoms with Crippen molar-refractivity contribution in [3.63, 3.8) is 0 Å². The van der Waals surface area contributed by atoms with Crippen molar-refractivity contribution in [1.29, 1.82) is 0 Å². The molecular weight excluding hydrogens is 193 g/mol. The Morgan fingerprint density at radius 3 is 2.93 bits per heavy atom. The summed E-state index contributed by atoms with van der Waals surface area (Å²) < 4.78 is 18.4. The van der Waals surface area contributed by atoms with Crippen molar-refractivity contribution < 1.29 is 9.13 Å². The Morgan fingerprint density at radius 1 is 1.53 bits per heavy atom. The summed E-state index contributed by atoms with van der Waals surface area (Å²) in [6.45, 7) is 6.83. The summed E-state index contributed by atoms with van der Waals surface area (Å²) in [5, 5.41) is 2.98. The fourth-order valence-corrected chi connectivity index (χ4v) is 1.21. The lowest BCUT2D eigenvalue weighted by atomic mass is 10.2. The van der Waals surface area contributed by atoms with Gasteiger partial charge in [0.2, 0.25) is 0 Å². The third-order valence-electron chi connectivity index (χ3n) is 2.01. The molecule has 0 aliphatic rings. The van der Waals surface area contributed by atoms with Crippen LogP contribution >= 0.6 is 0 Å². The van der Waals surface area contributed by atoms with E-state index >= 15 is 0 Å². The number of rotatable bonds is 5. The Balaban J connectivity index is 2.57. The summed E-state index contributed by atoms with van der Waals surface area (Å²) in [6, 6.07) is 4.51. The highest BCUT2D eigenvalue weighted by atomic mass is 19.1. The van der Waals surface area contributed by atoms with E-state index in [0.29, 0.717) is 18.9 Å². The lowest BCUT2D eigenvalue weighted by molar-refractivity contribution is 0.344. The predicted octanol–water partition coefficient (Wildman–Crippen LogP) is 2.29. The molecule has 82 valence electrons. The number of halogens is 1. The summed E-state index contributed by atoms with van der Waals surface area (Å²) in [4.78, 5) is 0. The number of hydrogen-bond acceptors (Lipinski definition) is 2. The molecular formula is C12H16FNO. The van der Waals surface area contributed by atoms with E-state index in [1.165, 1.54) is 12.1 Å². The maximum Gasteiger partial charge on any atom is 0.126 e. The first-order valence-electron chi connectivity index (χ1n) is 4.83. The molecule has 0 amide bonds. The molecule has 3 heteroatoms. The van der Waals surface area contributed by atoms with Gasteiger partial charge in [0.05, 0.1) is 0 Å². The van der Waals surface area contributed by atoms with Gasteiger partial charge in [-0.25, -0.2) is 4.39 Å². The molecule has 0 aromatic heterocycles. The normalized spacial score (nSPS) is 10.1. The Labute approximate surface area is 89.8 Å². The van der Waals surface area contributed by atoms with E-state index in [0.717, 1.165) is 11.1 Å². The van der Waals surface area contributed by atoms with Crippen LogP contribution in [-0.4, -0.2) is 20.2 Å². The van der Waals surface area contributed by atoms with E-state index in [2.05, 4.69) is 11.9 Å². The van der Waals surface area contributed by atoms with Gasteiger partial charge in [-0.1, -0.05) is 12.6 Å². The zero-order valence-corrected chi connectivity index (χ0v) is 9.14. The fourth-order valence-electron chi connectivity index (χ4n) is 1.21. The van der Waals surface area contributed by atoms with Gasteiger partial charge in [-0.2, -0.15) is 0 Å². The maximum absolute atomic E-state index is 12.9. The van der Waals surface area contributed by atoms with E-state index in [1.54, 1.807) is 6.07 Å². The first-order valence-corrected chi connectivity index (χ1v) is 4.83. The fraction of sp³-hybridized carbons (Fsp3) is 0.333. The second kappa shape index (κ2) is 5.51. The largest absolute Gasteiger partial charge is 0.489 e. The van der Waals surface area contributed by atoms with Crippen LogP contribution in [0.3, 0.4) is 0 Å². The summed E-state index contributed by atoms with van der Waals surface area (Å²) in [5.74, 6) is 0.294. The topological polar surface area (TPSA) is 21.3 Å². The quantitative estimate of drug-likeness (QED) is 0.751. The molecule has 0 saturated carbocycles. The second-order valence-electron chi connectivity index (χ2n) is 3.48. The molecule has 0 spiro atoms. The van der Waals surface area contributed by atoms with Gasteiger partial charge in [0.25, 0.3) is 0 Å². The highest BCUT2D eigenvalue weighted by Gasteiger charge is 2.02. The van der Waals surface area contributed by atoms with Crippen LogP contribution < -0.4 is 10.1 Å². The van der Waals surface area contributed by atoms with Crippen molar-refractivity contribution in [2.24, 2.45) is 0 Å². The Bertz CT molecular complexity index is 349. The Morgan fingerprint density at radius 2 is 2.27 bits per heavy atom. The van der Waals surface area contributed by atoms with Gasteiger partial charge >= 0.3 is 0 Å². The SMILES string of the molecule is C=C(CNC)COc1cc(F)ccc1C. The molecule has 0 atom stereocenters. The first-order chi connectivity index (χ1) is 7.13. The smallest absolute Gasteiger partial charge is 0.126 e. The zero-order chi connectivity index (χ0) is 11.3. The van der Waals surface area contributed by atoms with Crippen LogP contribution in [0.2, 0.25) is 0 Å². The van der Waals surface area contributed by atoms with Crippen LogP contribution in [0.5, 0.6) is 5.75 Å². The van der Waals surface area contributed by atoms with Gasteiger partial charge in [0, 0.05) is 12.6 Å². The molecule has 0 radical (unpaired) electrons. The van der Waals surface area contributed by atoms with E-state index < -0.39 is 0 Å². The molecule has 0 aliphatic heterocycles. The summed E-state index contributed by atoms with van der Waals surface area (Å²) in [5.41, 5.74) is 1.86. The number of nitrogens with one attached hydrogen (secondary N) is 1. The highest BCUT2D eigenvalue weighted by Crippen LogP contribution is 2.18. The van der Waals surface area contributed by atoms with Crippen LogP contribution in [0.15, 0.2) is 30.4 Å². The molecule has 1 N–H and O–H groups in total. The molecule has 0 heterocycles. The summed E-state index contributed by atoms with van der Waals surface area (Å²) >= 11 is 0. The first kappa shape index (κ1) is 11.7. The molecule has 0 unspecified atom stereocenters. The van der Waals surface area contributed by atoms with Crippen molar-refractivity contribution in [1.82, 2.24) is 5.32 Å². The molecule has 0 bridgehead atoms. The molecule has 1 aromatic carbocycles. The van der Waals surface area contributed by atoms with Crippen LogP contribution in [0.4, 0.5) is 4.39 Å². The van der Waals surface area contributed by atoms with Gasteiger partial charge < -0.3 is 10.1 Å². The van der Waals surface area contributed by atoms with E-state index in [4.69, 9.17) is 4.74 Å². The minimum atomic E-state index is -0.283. The molecule has 15 heavy (non-hydrogen) atoms. The van der Waals surface area contributed by atoms with E-state index in [1.807, 2.05) is 14.0 Å². The number of aryl methyl sites for hydroxylation is 1. The highest BCUT2D eigenvalue weighted by molar-refractivity contribution is 5.32. The molecule has 0 fully saturated rings. The zero-order valence-electron chi connectivity index (χ0n) is 9.14. The average molecular weight is 209 g/mol. The molecule has 0 aliphatic carbocycles. The van der Waals surface area contributed by atoms with Gasteiger partial charge in [0.15, 0.2) is 0 Å². The van der Waals surface area contributed by atoms with Gasteiger partial charge in [-0.3, -0.25) is 0 Å². The third-order valence-corrected chi connectivity index (χ3v) is 2.01. The molecule has 2 nitrogen and oxygen atoms in total. The van der Waals surface area contributed by atoms with Crippen molar-refractivity contribution in [2.45, 2.75) is 6.92 Å². The monoisotopic (exact) mass is 209 g/mol. The van der Waals surface area contributed by atoms with Gasteiger partial charge in [0.1, 0.15) is 18.2 Å². The van der Waals surface area contributed by atoms with Crippen molar-refractivity contribution >= 4 is 0 Å². The molecule has 1 aromatic rings. The minimum Gasteiger partial charge on any atom is -0.489 e. The van der Waals surface area contributed by atoms with Gasteiger partial charge in [-0.05, 0) is 31.2 Å². The number of hydrogen-bond donors (Lipinski definition) is 1. The van der Waals surface area contributed by atoms with Crippen LogP contribution in [0.1, 0.15) is 5.56 Å². The van der Waals surface area contributed by atoms with Crippen LogP contribution in [0.25, 0.3) is 0 Å². The molecule has 0 saturated heterocycles. The van der Waals surface area contributed by atoms with Crippen molar-refractivity contribution in [3.05, 3.63) is 41.7 Å². The lowest BCUT2D eigenvalue weighted by Crippen LogP contribution is -2.14.